The van der Waals surface area contributed by atoms with E-state index in [9.17, 15) is 5.11 Å². The van der Waals surface area contributed by atoms with Crippen molar-refractivity contribution in [2.75, 3.05) is 6.54 Å². The van der Waals surface area contributed by atoms with E-state index >= 15 is 0 Å². The van der Waals surface area contributed by atoms with Crippen LogP contribution in [0.3, 0.4) is 0 Å². The van der Waals surface area contributed by atoms with Gasteiger partial charge in [-0.2, -0.15) is 0 Å². The van der Waals surface area contributed by atoms with Gasteiger partial charge in [0.05, 0.1) is 6.54 Å². The second-order valence-corrected chi connectivity index (χ2v) is 3.11. The lowest BCUT2D eigenvalue weighted by Gasteiger charge is -2.05. The fraction of sp³-hybridized carbons (Fsp3) is 0.333. The summed E-state index contributed by atoms with van der Waals surface area (Å²) < 4.78 is 0. The highest BCUT2D eigenvalue weighted by Gasteiger charge is 2.17. The van der Waals surface area contributed by atoms with Crippen LogP contribution in [0.25, 0.3) is 0 Å². The number of hydrogen-bond donors (Lipinski definition) is 2. The number of hydrogen-bond acceptors (Lipinski definition) is 4. The first-order valence-electron chi connectivity index (χ1n) is 4.22. The van der Waals surface area contributed by atoms with Gasteiger partial charge in [0.2, 0.25) is 0 Å². The number of nitrogens with zero attached hydrogens (tertiary/aromatic N) is 2. The van der Waals surface area contributed by atoms with Crippen LogP contribution in [-0.2, 0) is 0 Å². The zero-order chi connectivity index (χ0) is 9.26. The average molecular weight is 177 g/mol. The first-order chi connectivity index (χ1) is 6.27. The number of nitrogens with one attached hydrogen (secondary N) is 1. The Morgan fingerprint density at radius 1 is 1.62 bits per heavy atom. The van der Waals surface area contributed by atoms with Crippen LogP contribution in [0, 0.1) is 0 Å². The molecule has 0 spiro atoms. The molecule has 0 aliphatic carbocycles. The summed E-state index contributed by atoms with van der Waals surface area (Å²) in [5.74, 6) is 0.855. The van der Waals surface area contributed by atoms with Crippen LogP contribution in [0.5, 0.6) is 5.75 Å². The van der Waals surface area contributed by atoms with Gasteiger partial charge in [0.1, 0.15) is 11.4 Å². The first-order valence-corrected chi connectivity index (χ1v) is 4.22. The first kappa shape index (κ1) is 8.04. The van der Waals surface area contributed by atoms with E-state index in [1.807, 2.05) is 6.92 Å². The van der Waals surface area contributed by atoms with Gasteiger partial charge in [-0.25, -0.2) is 4.98 Å². The van der Waals surface area contributed by atoms with Gasteiger partial charge in [-0.1, -0.05) is 0 Å². The molecule has 1 aliphatic heterocycles. The highest BCUT2D eigenvalue weighted by Crippen LogP contribution is 2.14. The molecule has 2 heterocycles. The normalized spacial score (nSPS) is 21.0. The van der Waals surface area contributed by atoms with E-state index in [1.165, 1.54) is 0 Å². The quantitative estimate of drug-likeness (QED) is 0.657. The molecule has 0 bridgehead atoms. The Kier molecular flexibility index (Phi) is 1.88. The Hall–Kier alpha value is -1.58. The molecular formula is C9H11N3O. The number of aromatic nitrogens is 1. The van der Waals surface area contributed by atoms with E-state index in [-0.39, 0.29) is 5.75 Å². The molecule has 0 radical (unpaired) electrons. The molecule has 13 heavy (non-hydrogen) atoms. The van der Waals surface area contributed by atoms with Crippen molar-refractivity contribution < 1.29 is 5.11 Å². The lowest BCUT2D eigenvalue weighted by Crippen LogP contribution is -2.28. The molecule has 2 rings (SSSR count). The van der Waals surface area contributed by atoms with Crippen LogP contribution in [0.4, 0.5) is 0 Å². The van der Waals surface area contributed by atoms with Crippen LogP contribution in [0.1, 0.15) is 12.6 Å². The zero-order valence-corrected chi connectivity index (χ0v) is 7.36. The third-order valence-electron chi connectivity index (χ3n) is 1.92. The number of aromatic hydroxyl groups is 1. The van der Waals surface area contributed by atoms with Crippen LogP contribution in [0.15, 0.2) is 23.3 Å². The summed E-state index contributed by atoms with van der Waals surface area (Å²) >= 11 is 0. The number of amidine groups is 1. The van der Waals surface area contributed by atoms with Gasteiger partial charge in [-0.05, 0) is 19.1 Å². The molecule has 1 aromatic rings. The van der Waals surface area contributed by atoms with Crippen molar-refractivity contribution in [3.05, 3.63) is 24.0 Å². The highest BCUT2D eigenvalue weighted by molar-refractivity contribution is 6.00. The minimum Gasteiger partial charge on any atom is -0.506 e. The van der Waals surface area contributed by atoms with E-state index in [2.05, 4.69) is 15.3 Å². The molecular weight excluding hydrogens is 166 g/mol. The summed E-state index contributed by atoms with van der Waals surface area (Å²) in [4.78, 5) is 8.28. The number of pyridine rings is 1. The predicted molar refractivity (Wildman–Crippen MR) is 49.9 cm³/mol. The Bertz CT molecular complexity index is 348. The van der Waals surface area contributed by atoms with Gasteiger partial charge in [0, 0.05) is 12.2 Å². The smallest absolute Gasteiger partial charge is 0.151 e. The van der Waals surface area contributed by atoms with Gasteiger partial charge in [-0.3, -0.25) is 4.99 Å². The molecule has 0 amide bonds. The van der Waals surface area contributed by atoms with E-state index in [1.54, 1.807) is 18.3 Å². The van der Waals surface area contributed by atoms with Crippen molar-refractivity contribution in [3.8, 4) is 5.75 Å². The molecule has 4 nitrogen and oxygen atoms in total. The fourth-order valence-electron chi connectivity index (χ4n) is 1.28. The third kappa shape index (κ3) is 1.47. The molecule has 0 saturated heterocycles. The summed E-state index contributed by atoms with van der Waals surface area (Å²) in [7, 11) is 0. The predicted octanol–water partition coefficient (Wildman–Crippen LogP) is 0.525. The molecule has 1 unspecified atom stereocenters. The van der Waals surface area contributed by atoms with Crippen molar-refractivity contribution in [3.63, 3.8) is 0 Å². The lowest BCUT2D eigenvalue weighted by atomic mass is 10.3. The minimum absolute atomic E-state index is 0.169. The maximum Gasteiger partial charge on any atom is 0.151 e. The van der Waals surface area contributed by atoms with Crippen LogP contribution in [-0.4, -0.2) is 28.5 Å². The van der Waals surface area contributed by atoms with E-state index in [0.717, 1.165) is 6.54 Å². The third-order valence-corrected chi connectivity index (χ3v) is 1.92. The summed E-state index contributed by atoms with van der Waals surface area (Å²) in [6.07, 6.45) is 1.64. The van der Waals surface area contributed by atoms with Gasteiger partial charge in [-0.15, -0.1) is 0 Å². The second kappa shape index (κ2) is 3.05. The zero-order valence-electron chi connectivity index (χ0n) is 7.36. The summed E-state index contributed by atoms with van der Waals surface area (Å²) in [6, 6.07) is 3.63. The fourth-order valence-corrected chi connectivity index (χ4v) is 1.28. The van der Waals surface area contributed by atoms with Crippen molar-refractivity contribution in [2.45, 2.75) is 13.0 Å². The standard InChI is InChI=1S/C9H11N3O/c1-6-5-11-9(12-6)8-7(13)3-2-4-10-8/h2-4,6,13H,5H2,1H3,(H,11,12). The van der Waals surface area contributed by atoms with E-state index in [4.69, 9.17) is 0 Å². The van der Waals surface area contributed by atoms with Crippen molar-refractivity contribution in [1.82, 2.24) is 10.3 Å². The van der Waals surface area contributed by atoms with Gasteiger partial charge < -0.3 is 10.4 Å². The van der Waals surface area contributed by atoms with Crippen LogP contribution >= 0.6 is 0 Å². The van der Waals surface area contributed by atoms with Crippen molar-refractivity contribution in [2.24, 2.45) is 4.99 Å². The average Bonchev–Trinajstić information content (AvgIpc) is 2.53. The maximum atomic E-state index is 9.47. The number of rotatable bonds is 1. The van der Waals surface area contributed by atoms with E-state index < -0.39 is 0 Å². The molecule has 2 N–H and O–H groups in total. The molecule has 0 fully saturated rings. The number of aliphatic imine (C=N–C) groups is 1. The van der Waals surface area contributed by atoms with Gasteiger partial charge in [0.25, 0.3) is 0 Å². The van der Waals surface area contributed by atoms with Crippen molar-refractivity contribution >= 4 is 5.84 Å². The second-order valence-electron chi connectivity index (χ2n) is 3.11. The molecule has 4 heteroatoms. The van der Waals surface area contributed by atoms with Crippen LogP contribution < -0.4 is 5.32 Å². The maximum absolute atomic E-state index is 9.47. The van der Waals surface area contributed by atoms with E-state index in [0.29, 0.717) is 17.6 Å². The summed E-state index contributed by atoms with van der Waals surface area (Å²) in [6.45, 7) is 2.78. The Morgan fingerprint density at radius 2 is 2.46 bits per heavy atom. The van der Waals surface area contributed by atoms with Crippen molar-refractivity contribution in [1.29, 1.82) is 0 Å². The SMILES string of the molecule is CC1CN=C(c2ncccc2O)N1. The monoisotopic (exact) mass is 177 g/mol. The molecule has 1 atom stereocenters. The van der Waals surface area contributed by atoms with Crippen LogP contribution in [0.2, 0.25) is 0 Å². The highest BCUT2D eigenvalue weighted by atomic mass is 16.3. The minimum atomic E-state index is 0.169. The Labute approximate surface area is 76.3 Å². The largest absolute Gasteiger partial charge is 0.506 e. The summed E-state index contributed by atoms with van der Waals surface area (Å²) in [5, 5.41) is 12.6. The molecule has 0 aromatic carbocycles. The Balaban J connectivity index is 2.31. The van der Waals surface area contributed by atoms with Gasteiger partial charge >= 0.3 is 0 Å². The topological polar surface area (TPSA) is 57.5 Å². The summed E-state index contributed by atoms with van der Waals surface area (Å²) in [5.41, 5.74) is 0.534. The Morgan fingerprint density at radius 3 is 3.08 bits per heavy atom. The lowest BCUT2D eigenvalue weighted by molar-refractivity contribution is 0.471. The molecule has 1 aromatic heterocycles. The molecule has 68 valence electrons. The molecule has 0 saturated carbocycles. The molecule has 1 aliphatic rings. The van der Waals surface area contributed by atoms with Gasteiger partial charge in [0.15, 0.2) is 5.84 Å².